The minimum Gasteiger partial charge on any atom is -0.465 e. The van der Waals surface area contributed by atoms with Gasteiger partial charge in [-0.1, -0.05) is 19.9 Å². The monoisotopic (exact) mass is 435 g/mol. The molecule has 0 radical (unpaired) electrons. The van der Waals surface area contributed by atoms with E-state index in [1.165, 1.54) is 31.4 Å². The van der Waals surface area contributed by atoms with Crippen LogP contribution in [0.25, 0.3) is 0 Å². The SMILES string of the molecule is CNCCc1ccc(OC(=O)c2ccc(C(=O)OC)cc2)c(OC(=O)C(C)C)c1.Cl. The number of likely N-dealkylation sites (N-methyl/N-ethyl adjacent to an activating group) is 1. The Morgan fingerprint density at radius 2 is 1.50 bits per heavy atom. The number of hydrogen-bond donors (Lipinski definition) is 1. The molecule has 162 valence electrons. The number of methoxy groups -OCH3 is 1. The average Bonchev–Trinajstić information content (AvgIpc) is 2.73. The van der Waals surface area contributed by atoms with Crippen molar-refractivity contribution in [1.82, 2.24) is 5.32 Å². The van der Waals surface area contributed by atoms with Crippen molar-refractivity contribution in [3.63, 3.8) is 0 Å². The normalized spacial score (nSPS) is 10.2. The lowest BCUT2D eigenvalue weighted by Gasteiger charge is -2.13. The summed E-state index contributed by atoms with van der Waals surface area (Å²) >= 11 is 0. The van der Waals surface area contributed by atoms with Gasteiger partial charge in [0.15, 0.2) is 11.5 Å². The molecule has 0 aliphatic carbocycles. The highest BCUT2D eigenvalue weighted by Crippen LogP contribution is 2.30. The van der Waals surface area contributed by atoms with Crippen molar-refractivity contribution in [3.05, 3.63) is 59.2 Å². The molecule has 0 aliphatic rings. The standard InChI is InChI=1S/C22H25NO6.ClH/c1-14(2)20(24)29-19-13-15(11-12-23-3)5-10-18(19)28-22(26)17-8-6-16(7-9-17)21(25)27-4;/h5-10,13-14,23H,11-12H2,1-4H3;1H. The van der Waals surface area contributed by atoms with Gasteiger partial charge in [0.2, 0.25) is 0 Å². The van der Waals surface area contributed by atoms with Crippen LogP contribution in [0.4, 0.5) is 0 Å². The maximum atomic E-state index is 12.5. The molecule has 0 saturated heterocycles. The summed E-state index contributed by atoms with van der Waals surface area (Å²) in [4.78, 5) is 36.1. The first kappa shape index (κ1) is 25.1. The summed E-state index contributed by atoms with van der Waals surface area (Å²) in [5.74, 6) is -1.54. The van der Waals surface area contributed by atoms with Crippen LogP contribution in [0.2, 0.25) is 0 Å². The topological polar surface area (TPSA) is 90.9 Å². The molecule has 2 aromatic carbocycles. The molecule has 0 fully saturated rings. The number of hydrogen-bond acceptors (Lipinski definition) is 7. The van der Waals surface area contributed by atoms with Crippen molar-refractivity contribution in [2.45, 2.75) is 20.3 Å². The average molecular weight is 436 g/mol. The zero-order valence-electron chi connectivity index (χ0n) is 17.4. The van der Waals surface area contributed by atoms with Crippen LogP contribution in [0.1, 0.15) is 40.1 Å². The van der Waals surface area contributed by atoms with Gasteiger partial charge in [-0.15, -0.1) is 12.4 Å². The predicted octanol–water partition coefficient (Wildman–Crippen LogP) is 3.44. The zero-order valence-corrected chi connectivity index (χ0v) is 18.2. The third kappa shape index (κ3) is 6.86. The lowest BCUT2D eigenvalue weighted by molar-refractivity contribution is -0.137. The number of carbonyl (C=O) groups is 3. The summed E-state index contributed by atoms with van der Waals surface area (Å²) in [6.07, 6.45) is 0.728. The Morgan fingerprint density at radius 1 is 0.900 bits per heavy atom. The number of esters is 3. The van der Waals surface area contributed by atoms with E-state index in [-0.39, 0.29) is 35.4 Å². The maximum absolute atomic E-state index is 12.5. The predicted molar refractivity (Wildman–Crippen MR) is 115 cm³/mol. The highest BCUT2D eigenvalue weighted by atomic mass is 35.5. The Morgan fingerprint density at radius 3 is 2.03 bits per heavy atom. The summed E-state index contributed by atoms with van der Waals surface area (Å²) in [6.45, 7) is 4.20. The number of rotatable bonds is 8. The third-order valence-electron chi connectivity index (χ3n) is 4.10. The summed E-state index contributed by atoms with van der Waals surface area (Å²) in [6, 6.07) is 11.0. The fourth-order valence-corrected chi connectivity index (χ4v) is 2.39. The number of benzene rings is 2. The molecule has 0 aliphatic heterocycles. The van der Waals surface area contributed by atoms with Gasteiger partial charge >= 0.3 is 17.9 Å². The summed E-state index contributed by atoms with van der Waals surface area (Å²) < 4.78 is 15.5. The zero-order chi connectivity index (χ0) is 21.4. The van der Waals surface area contributed by atoms with Crippen LogP contribution in [0.15, 0.2) is 42.5 Å². The second-order valence-corrected chi connectivity index (χ2v) is 6.67. The minimum absolute atomic E-state index is 0. The Balaban J connectivity index is 0.00000450. The molecule has 0 heterocycles. The van der Waals surface area contributed by atoms with Gasteiger partial charge in [-0.2, -0.15) is 0 Å². The van der Waals surface area contributed by atoms with Gasteiger partial charge in [0.25, 0.3) is 0 Å². The minimum atomic E-state index is -0.633. The molecule has 0 atom stereocenters. The first-order valence-electron chi connectivity index (χ1n) is 9.25. The van der Waals surface area contributed by atoms with E-state index in [0.29, 0.717) is 5.56 Å². The van der Waals surface area contributed by atoms with Crippen LogP contribution >= 0.6 is 12.4 Å². The molecule has 7 nitrogen and oxygen atoms in total. The van der Waals surface area contributed by atoms with Gasteiger partial charge in [-0.3, -0.25) is 4.79 Å². The van der Waals surface area contributed by atoms with Crippen molar-refractivity contribution in [1.29, 1.82) is 0 Å². The molecule has 0 saturated carbocycles. The number of halogens is 1. The molecule has 0 spiro atoms. The lowest BCUT2D eigenvalue weighted by atomic mass is 10.1. The van der Waals surface area contributed by atoms with E-state index < -0.39 is 17.9 Å². The second-order valence-electron chi connectivity index (χ2n) is 6.67. The van der Waals surface area contributed by atoms with Crippen molar-refractivity contribution in [2.24, 2.45) is 5.92 Å². The fourth-order valence-electron chi connectivity index (χ4n) is 2.39. The number of nitrogens with one attached hydrogen (secondary N) is 1. The Bertz CT molecular complexity index is 880. The van der Waals surface area contributed by atoms with Crippen LogP contribution in [-0.4, -0.2) is 38.6 Å². The summed E-state index contributed by atoms with van der Waals surface area (Å²) in [5, 5.41) is 3.05. The largest absolute Gasteiger partial charge is 0.465 e. The van der Waals surface area contributed by atoms with Crippen molar-refractivity contribution >= 4 is 30.3 Å². The van der Waals surface area contributed by atoms with E-state index in [9.17, 15) is 14.4 Å². The van der Waals surface area contributed by atoms with Gasteiger partial charge < -0.3 is 19.5 Å². The molecule has 0 amide bonds. The van der Waals surface area contributed by atoms with Gasteiger partial charge in [-0.05, 0) is 62.0 Å². The van der Waals surface area contributed by atoms with Crippen LogP contribution < -0.4 is 14.8 Å². The molecular formula is C22H26ClNO6. The van der Waals surface area contributed by atoms with Gasteiger partial charge in [-0.25, -0.2) is 9.59 Å². The molecule has 8 heteroatoms. The van der Waals surface area contributed by atoms with E-state index in [4.69, 9.17) is 9.47 Å². The van der Waals surface area contributed by atoms with Crippen molar-refractivity contribution < 1.29 is 28.6 Å². The molecule has 0 unspecified atom stereocenters. The summed E-state index contributed by atoms with van der Waals surface area (Å²) in [7, 11) is 3.13. The quantitative estimate of drug-likeness (QED) is 0.501. The second kappa shape index (κ2) is 11.9. The number of carbonyl (C=O) groups excluding carboxylic acids is 3. The highest BCUT2D eigenvalue weighted by molar-refractivity contribution is 5.94. The maximum Gasteiger partial charge on any atom is 0.343 e. The van der Waals surface area contributed by atoms with E-state index in [0.717, 1.165) is 18.5 Å². The van der Waals surface area contributed by atoms with E-state index in [1.54, 1.807) is 26.0 Å². The molecular weight excluding hydrogens is 410 g/mol. The van der Waals surface area contributed by atoms with E-state index >= 15 is 0 Å². The van der Waals surface area contributed by atoms with Crippen LogP contribution in [0.3, 0.4) is 0 Å². The van der Waals surface area contributed by atoms with Crippen LogP contribution in [-0.2, 0) is 16.0 Å². The lowest BCUT2D eigenvalue weighted by Crippen LogP contribution is -2.17. The van der Waals surface area contributed by atoms with Crippen molar-refractivity contribution in [2.75, 3.05) is 20.7 Å². The summed E-state index contributed by atoms with van der Waals surface area (Å²) in [5.41, 5.74) is 1.51. The highest BCUT2D eigenvalue weighted by Gasteiger charge is 2.18. The molecule has 1 N–H and O–H groups in total. The molecule has 0 bridgehead atoms. The first-order valence-corrected chi connectivity index (χ1v) is 9.25. The van der Waals surface area contributed by atoms with Gasteiger partial charge in [0.05, 0.1) is 24.2 Å². The van der Waals surface area contributed by atoms with Crippen LogP contribution in [0.5, 0.6) is 11.5 Å². The van der Waals surface area contributed by atoms with E-state index in [1.807, 2.05) is 13.1 Å². The molecule has 2 aromatic rings. The Hall–Kier alpha value is -2.90. The van der Waals surface area contributed by atoms with E-state index in [2.05, 4.69) is 10.1 Å². The molecule has 30 heavy (non-hydrogen) atoms. The number of ether oxygens (including phenoxy) is 3. The molecule has 0 aromatic heterocycles. The Kier molecular flexibility index (Phi) is 10.0. The van der Waals surface area contributed by atoms with Crippen LogP contribution in [0, 0.1) is 5.92 Å². The van der Waals surface area contributed by atoms with Gasteiger partial charge in [0, 0.05) is 0 Å². The Labute approximate surface area is 182 Å². The van der Waals surface area contributed by atoms with Crippen molar-refractivity contribution in [3.8, 4) is 11.5 Å². The molecule has 2 rings (SSSR count). The fraction of sp³-hybridized carbons (Fsp3) is 0.318. The smallest absolute Gasteiger partial charge is 0.343 e. The first-order chi connectivity index (χ1) is 13.8. The third-order valence-corrected chi connectivity index (χ3v) is 4.10. The van der Waals surface area contributed by atoms with Gasteiger partial charge in [0.1, 0.15) is 0 Å².